The molecular weight excluding hydrogens is 270 g/mol. The number of rotatable bonds is 1. The van der Waals surface area contributed by atoms with Gasteiger partial charge in [-0.05, 0) is 18.2 Å². The highest BCUT2D eigenvalue weighted by Crippen LogP contribution is 2.27. The van der Waals surface area contributed by atoms with Gasteiger partial charge in [0.15, 0.2) is 5.78 Å². The van der Waals surface area contributed by atoms with Crippen LogP contribution in [0.4, 0.5) is 4.79 Å². The first-order chi connectivity index (χ1) is 8.90. The van der Waals surface area contributed by atoms with Crippen molar-refractivity contribution >= 4 is 29.3 Å². The molecule has 0 N–H and O–H groups in total. The largest absolute Gasteiger partial charge is 0.414 e. The number of hydrogen-bond donors (Lipinski definition) is 0. The highest BCUT2D eigenvalue weighted by molar-refractivity contribution is 6.49. The number of allylic oxidation sites excluding steroid dienone is 2. The van der Waals surface area contributed by atoms with Gasteiger partial charge in [0.2, 0.25) is 5.78 Å². The van der Waals surface area contributed by atoms with Gasteiger partial charge in [-0.2, -0.15) is 0 Å². The molecule has 6 heteroatoms. The van der Waals surface area contributed by atoms with E-state index in [9.17, 15) is 14.4 Å². The number of hydrogen-bond acceptors (Lipinski definition) is 4. The molecule has 0 radical (unpaired) electrons. The number of ketones is 2. The van der Waals surface area contributed by atoms with Crippen molar-refractivity contribution in [3.05, 3.63) is 40.4 Å². The van der Waals surface area contributed by atoms with E-state index in [1.54, 1.807) is 0 Å². The van der Waals surface area contributed by atoms with Gasteiger partial charge in [0.1, 0.15) is 5.75 Å². The zero-order valence-electron chi connectivity index (χ0n) is 10.3. The maximum Gasteiger partial charge on any atom is 0.414 e. The number of halogens is 1. The summed E-state index contributed by atoms with van der Waals surface area (Å²) in [4.78, 5) is 36.1. The van der Waals surface area contributed by atoms with Gasteiger partial charge < -0.3 is 9.64 Å². The first kappa shape index (κ1) is 13.3. The highest BCUT2D eigenvalue weighted by atomic mass is 35.5. The normalized spacial score (nSPS) is 13.7. The zero-order valence-corrected chi connectivity index (χ0v) is 11.0. The number of Topliss-reactive ketones (excluding diaryl/α,β-unsaturated/α-hetero) is 1. The topological polar surface area (TPSA) is 63.7 Å². The Kier molecular flexibility index (Phi) is 3.40. The molecule has 1 aliphatic rings. The average molecular weight is 280 g/mol. The molecular formula is C13H10ClNO4. The van der Waals surface area contributed by atoms with E-state index in [0.29, 0.717) is 0 Å². The standard InChI is InChI=1S/C13H10ClNO4/c1-15(2)13(18)19-7-3-4-8-9(5-7)12(17)10(14)6-11(8)16/h3-6H,1-2H3. The SMILES string of the molecule is CN(C)C(=O)Oc1ccc2c(c1)C(=O)C(Cl)=CC2=O. The van der Waals surface area contributed by atoms with Gasteiger partial charge in [-0.15, -0.1) is 0 Å². The van der Waals surface area contributed by atoms with Crippen LogP contribution < -0.4 is 4.74 Å². The van der Waals surface area contributed by atoms with Gasteiger partial charge in [-0.3, -0.25) is 9.59 Å². The second-order valence-corrected chi connectivity index (χ2v) is 4.56. The number of fused-ring (bicyclic) bond motifs is 1. The minimum atomic E-state index is -0.573. The lowest BCUT2D eigenvalue weighted by molar-refractivity contribution is 0.0990. The quantitative estimate of drug-likeness (QED) is 0.791. The van der Waals surface area contributed by atoms with Crippen LogP contribution in [-0.2, 0) is 0 Å². The van der Waals surface area contributed by atoms with E-state index in [1.807, 2.05) is 0 Å². The Balaban J connectivity index is 2.38. The monoisotopic (exact) mass is 279 g/mol. The predicted molar refractivity (Wildman–Crippen MR) is 68.8 cm³/mol. The zero-order chi connectivity index (χ0) is 14.2. The third-order valence-corrected chi connectivity index (χ3v) is 2.83. The van der Waals surface area contributed by atoms with Gasteiger partial charge in [0.05, 0.1) is 5.03 Å². The summed E-state index contributed by atoms with van der Waals surface area (Å²) in [5, 5.41) is -0.145. The van der Waals surface area contributed by atoms with E-state index >= 15 is 0 Å². The summed E-state index contributed by atoms with van der Waals surface area (Å²) in [6.07, 6.45) is 0.508. The summed E-state index contributed by atoms with van der Waals surface area (Å²) >= 11 is 5.67. The molecule has 0 bridgehead atoms. The van der Waals surface area contributed by atoms with Crippen molar-refractivity contribution in [3.63, 3.8) is 0 Å². The van der Waals surface area contributed by atoms with Crippen molar-refractivity contribution in [3.8, 4) is 5.75 Å². The maximum absolute atomic E-state index is 11.8. The predicted octanol–water partition coefficient (Wildman–Crippen LogP) is 2.25. The van der Waals surface area contributed by atoms with E-state index in [2.05, 4.69) is 0 Å². The number of ether oxygens (including phenoxy) is 1. The van der Waals surface area contributed by atoms with Crippen molar-refractivity contribution < 1.29 is 19.1 Å². The van der Waals surface area contributed by atoms with E-state index in [0.717, 1.165) is 6.08 Å². The molecule has 0 aromatic heterocycles. The summed E-state index contributed by atoms with van der Waals surface area (Å²) < 4.78 is 5.02. The molecule has 1 aliphatic carbocycles. The van der Waals surface area contributed by atoms with Crippen LogP contribution in [0.1, 0.15) is 20.7 Å². The van der Waals surface area contributed by atoms with Crippen LogP contribution in [0.2, 0.25) is 0 Å². The number of nitrogens with zero attached hydrogens (tertiary/aromatic N) is 1. The lowest BCUT2D eigenvalue weighted by Crippen LogP contribution is -2.25. The molecule has 0 fully saturated rings. The van der Waals surface area contributed by atoms with Gasteiger partial charge in [-0.25, -0.2) is 4.79 Å². The van der Waals surface area contributed by atoms with Crippen LogP contribution in [0.3, 0.4) is 0 Å². The minimum Gasteiger partial charge on any atom is -0.410 e. The van der Waals surface area contributed by atoms with Crippen LogP contribution in [0.25, 0.3) is 0 Å². The molecule has 0 heterocycles. The Labute approximate surface area is 114 Å². The maximum atomic E-state index is 11.8. The molecule has 0 saturated heterocycles. The molecule has 1 aromatic rings. The molecule has 0 atom stereocenters. The summed E-state index contributed by atoms with van der Waals surface area (Å²) in [6.45, 7) is 0. The van der Waals surface area contributed by atoms with Gasteiger partial charge in [0.25, 0.3) is 0 Å². The molecule has 0 unspecified atom stereocenters. The smallest absolute Gasteiger partial charge is 0.410 e. The van der Waals surface area contributed by atoms with Crippen LogP contribution in [-0.4, -0.2) is 36.7 Å². The summed E-state index contributed by atoms with van der Waals surface area (Å²) in [7, 11) is 3.07. The average Bonchev–Trinajstić information content (AvgIpc) is 2.35. The van der Waals surface area contributed by atoms with Crippen LogP contribution in [0, 0.1) is 0 Å². The highest BCUT2D eigenvalue weighted by Gasteiger charge is 2.25. The van der Waals surface area contributed by atoms with Gasteiger partial charge in [-0.1, -0.05) is 11.6 Å². The second-order valence-electron chi connectivity index (χ2n) is 4.16. The first-order valence-electron chi connectivity index (χ1n) is 5.39. The van der Waals surface area contributed by atoms with E-state index in [4.69, 9.17) is 16.3 Å². The number of amides is 1. The summed E-state index contributed by atoms with van der Waals surface area (Å²) in [5.74, 6) is -0.617. The van der Waals surface area contributed by atoms with Crippen LogP contribution in [0.5, 0.6) is 5.75 Å². The lowest BCUT2D eigenvalue weighted by atomic mass is 9.94. The lowest BCUT2D eigenvalue weighted by Gasteiger charge is -2.14. The number of benzene rings is 1. The Morgan fingerprint density at radius 3 is 2.53 bits per heavy atom. The first-order valence-corrected chi connectivity index (χ1v) is 5.77. The fraction of sp³-hybridized carbons (Fsp3) is 0.154. The van der Waals surface area contributed by atoms with E-state index in [1.165, 1.54) is 37.2 Å². The van der Waals surface area contributed by atoms with E-state index < -0.39 is 11.9 Å². The summed E-state index contributed by atoms with van der Waals surface area (Å²) in [5.41, 5.74) is 0.389. The molecule has 2 rings (SSSR count). The Morgan fingerprint density at radius 1 is 1.21 bits per heavy atom. The minimum absolute atomic E-state index is 0.140. The molecule has 1 amide bonds. The molecule has 0 aliphatic heterocycles. The number of carbonyl (C=O) groups is 3. The summed E-state index contributed by atoms with van der Waals surface area (Å²) in [6, 6.07) is 4.23. The molecule has 5 nitrogen and oxygen atoms in total. The van der Waals surface area contributed by atoms with Crippen molar-refractivity contribution in [2.75, 3.05) is 14.1 Å². The Bertz CT molecular complexity index is 619. The molecule has 0 spiro atoms. The molecule has 98 valence electrons. The molecule has 0 saturated carbocycles. The third-order valence-electron chi connectivity index (χ3n) is 2.55. The Morgan fingerprint density at radius 2 is 1.89 bits per heavy atom. The molecule has 19 heavy (non-hydrogen) atoms. The van der Waals surface area contributed by atoms with Crippen LogP contribution >= 0.6 is 11.6 Å². The number of carbonyl (C=O) groups excluding carboxylic acids is 3. The Hall–Kier alpha value is -2.14. The van der Waals surface area contributed by atoms with Crippen molar-refractivity contribution in [2.45, 2.75) is 0 Å². The second kappa shape index (κ2) is 4.85. The fourth-order valence-corrected chi connectivity index (χ4v) is 1.77. The van der Waals surface area contributed by atoms with Crippen molar-refractivity contribution in [2.24, 2.45) is 0 Å². The van der Waals surface area contributed by atoms with Crippen molar-refractivity contribution in [1.82, 2.24) is 4.90 Å². The third kappa shape index (κ3) is 2.51. The van der Waals surface area contributed by atoms with Crippen LogP contribution in [0.15, 0.2) is 29.3 Å². The van der Waals surface area contributed by atoms with Gasteiger partial charge in [0, 0.05) is 31.3 Å². The fourth-order valence-electron chi connectivity index (χ4n) is 1.57. The van der Waals surface area contributed by atoms with Gasteiger partial charge >= 0.3 is 6.09 Å². The van der Waals surface area contributed by atoms with Crippen molar-refractivity contribution in [1.29, 1.82) is 0 Å². The molecule has 1 aromatic carbocycles. The van der Waals surface area contributed by atoms with E-state index in [-0.39, 0.29) is 27.7 Å².